The summed E-state index contributed by atoms with van der Waals surface area (Å²) in [5, 5.41) is 3.99. The highest BCUT2D eigenvalue weighted by atomic mass is 35.5. The van der Waals surface area contributed by atoms with E-state index < -0.39 is 23.3 Å². The third kappa shape index (κ3) is 2.74. The zero-order valence-electron chi connectivity index (χ0n) is 14.1. The fourth-order valence-electron chi connectivity index (χ4n) is 3.72. The van der Waals surface area contributed by atoms with E-state index in [1.165, 1.54) is 4.90 Å². The van der Waals surface area contributed by atoms with Crippen LogP contribution in [0.15, 0.2) is 24.3 Å². The molecule has 0 radical (unpaired) electrons. The molecule has 1 saturated heterocycles. The first kappa shape index (κ1) is 17.3. The molecule has 1 spiro atoms. The van der Waals surface area contributed by atoms with Crippen LogP contribution in [0.3, 0.4) is 0 Å². The minimum Gasteiger partial charge on any atom is -0.351 e. The Kier molecular flexibility index (Phi) is 3.77. The lowest BCUT2D eigenvalue weighted by Gasteiger charge is -2.21. The third-order valence-electron chi connectivity index (χ3n) is 5.42. The molecule has 0 unspecified atom stereocenters. The van der Waals surface area contributed by atoms with E-state index in [0.717, 1.165) is 10.9 Å². The van der Waals surface area contributed by atoms with Gasteiger partial charge in [0.05, 0.1) is 5.41 Å². The summed E-state index contributed by atoms with van der Waals surface area (Å²) in [5.41, 5.74) is 0.0348. The number of alkyl halides is 2. The number of nitrogens with zero attached hydrogens (tertiary/aromatic N) is 1. The van der Waals surface area contributed by atoms with Crippen molar-refractivity contribution in [1.82, 2.24) is 15.2 Å². The van der Waals surface area contributed by atoms with Crippen LogP contribution in [-0.2, 0) is 4.79 Å². The first-order chi connectivity index (χ1) is 12.2. The van der Waals surface area contributed by atoms with Gasteiger partial charge in [-0.1, -0.05) is 11.6 Å². The van der Waals surface area contributed by atoms with E-state index in [1.54, 1.807) is 31.2 Å². The third-order valence-corrected chi connectivity index (χ3v) is 5.66. The molecule has 2 atom stereocenters. The number of benzene rings is 1. The molecule has 138 valence electrons. The summed E-state index contributed by atoms with van der Waals surface area (Å²) in [7, 11) is 0. The lowest BCUT2D eigenvalue weighted by atomic mass is 10.1. The molecule has 1 saturated carbocycles. The number of rotatable bonds is 3. The number of H-pyrrole nitrogens is 1. The van der Waals surface area contributed by atoms with Crippen LogP contribution in [0.2, 0.25) is 5.02 Å². The standard InChI is InChI=1S/C18H18ClF2N3O2/c1-10(16(26)24-5-4-17(9-24)8-18(17,20)21)22-15(25)14-7-11-6-12(19)2-3-13(11)23-14/h2-3,6-7,10,23H,4-5,8-9H2,1H3,(H,22,25)/t10-,17-/m0/s1. The highest BCUT2D eigenvalue weighted by Crippen LogP contribution is 2.65. The van der Waals surface area contributed by atoms with Gasteiger partial charge in [0.15, 0.2) is 0 Å². The van der Waals surface area contributed by atoms with Gasteiger partial charge in [0.1, 0.15) is 11.7 Å². The van der Waals surface area contributed by atoms with Crippen LogP contribution in [0.1, 0.15) is 30.3 Å². The van der Waals surface area contributed by atoms with Gasteiger partial charge in [-0.2, -0.15) is 0 Å². The van der Waals surface area contributed by atoms with Crippen molar-refractivity contribution in [3.63, 3.8) is 0 Å². The minimum absolute atomic E-state index is 0.0595. The van der Waals surface area contributed by atoms with Gasteiger partial charge >= 0.3 is 0 Å². The quantitative estimate of drug-likeness (QED) is 0.857. The zero-order chi connectivity index (χ0) is 18.7. The molecule has 1 aliphatic heterocycles. The number of carbonyl (C=O) groups is 2. The van der Waals surface area contributed by atoms with Crippen LogP contribution in [0.4, 0.5) is 8.78 Å². The monoisotopic (exact) mass is 381 g/mol. The molecule has 1 aromatic heterocycles. The Morgan fingerprint density at radius 2 is 2.08 bits per heavy atom. The maximum absolute atomic E-state index is 13.5. The molecular formula is C18H18ClF2N3O2. The second kappa shape index (κ2) is 5.67. The summed E-state index contributed by atoms with van der Waals surface area (Å²) >= 11 is 5.94. The lowest BCUT2D eigenvalue weighted by molar-refractivity contribution is -0.132. The van der Waals surface area contributed by atoms with Crippen molar-refractivity contribution in [3.8, 4) is 0 Å². The van der Waals surface area contributed by atoms with Gasteiger partial charge in [-0.3, -0.25) is 9.59 Å². The lowest BCUT2D eigenvalue weighted by Crippen LogP contribution is -2.46. The Labute approximate surface area is 153 Å². The van der Waals surface area contributed by atoms with Gasteiger partial charge in [-0.25, -0.2) is 8.78 Å². The van der Waals surface area contributed by atoms with Crippen molar-refractivity contribution < 1.29 is 18.4 Å². The Balaban J connectivity index is 1.41. The predicted molar refractivity (Wildman–Crippen MR) is 93.4 cm³/mol. The molecule has 8 heteroatoms. The molecule has 1 aromatic carbocycles. The summed E-state index contributed by atoms with van der Waals surface area (Å²) in [6.45, 7) is 1.93. The van der Waals surface area contributed by atoms with E-state index in [9.17, 15) is 18.4 Å². The minimum atomic E-state index is -2.67. The number of hydrogen-bond donors (Lipinski definition) is 2. The fraction of sp³-hybridized carbons (Fsp3) is 0.444. The maximum atomic E-state index is 13.5. The normalized spacial score (nSPS) is 24.8. The number of likely N-dealkylation sites (tertiary alicyclic amines) is 1. The second-order valence-electron chi connectivity index (χ2n) is 7.28. The van der Waals surface area contributed by atoms with Crippen molar-refractivity contribution in [2.45, 2.75) is 31.7 Å². The van der Waals surface area contributed by atoms with Crippen LogP contribution in [0, 0.1) is 5.41 Å². The molecule has 4 rings (SSSR count). The molecule has 1 aliphatic carbocycles. The number of aromatic nitrogens is 1. The summed E-state index contributed by atoms with van der Waals surface area (Å²) < 4.78 is 26.9. The smallest absolute Gasteiger partial charge is 0.268 e. The molecule has 5 nitrogen and oxygen atoms in total. The van der Waals surface area contributed by atoms with Crippen LogP contribution in [0.5, 0.6) is 0 Å². The summed E-state index contributed by atoms with van der Waals surface area (Å²) in [5.74, 6) is -3.43. The van der Waals surface area contributed by atoms with E-state index in [0.29, 0.717) is 23.7 Å². The molecule has 26 heavy (non-hydrogen) atoms. The Morgan fingerprint density at radius 1 is 1.35 bits per heavy atom. The first-order valence-electron chi connectivity index (χ1n) is 8.47. The molecule has 2 aromatic rings. The summed E-state index contributed by atoms with van der Waals surface area (Å²) in [6, 6.07) is 6.08. The van der Waals surface area contributed by atoms with Crippen LogP contribution >= 0.6 is 11.6 Å². The van der Waals surface area contributed by atoms with Gasteiger partial charge in [0.25, 0.3) is 11.8 Å². The van der Waals surface area contributed by atoms with Crippen LogP contribution < -0.4 is 5.32 Å². The number of halogens is 3. The van der Waals surface area contributed by atoms with E-state index in [-0.39, 0.29) is 18.9 Å². The van der Waals surface area contributed by atoms with Gasteiger partial charge in [0.2, 0.25) is 5.91 Å². The number of nitrogens with one attached hydrogen (secondary N) is 2. The molecule has 2 heterocycles. The Morgan fingerprint density at radius 3 is 2.73 bits per heavy atom. The van der Waals surface area contributed by atoms with Crippen molar-refractivity contribution in [3.05, 3.63) is 35.0 Å². The number of carbonyl (C=O) groups excluding carboxylic acids is 2. The van der Waals surface area contributed by atoms with Crippen molar-refractivity contribution in [2.24, 2.45) is 5.41 Å². The summed E-state index contributed by atoms with van der Waals surface area (Å²) in [6.07, 6.45) is 0.164. The highest BCUT2D eigenvalue weighted by Gasteiger charge is 2.73. The first-order valence-corrected chi connectivity index (χ1v) is 8.84. The van der Waals surface area contributed by atoms with Gasteiger partial charge in [0, 0.05) is 35.4 Å². The second-order valence-corrected chi connectivity index (χ2v) is 7.72. The average molecular weight is 382 g/mol. The van der Waals surface area contributed by atoms with Crippen molar-refractivity contribution >= 4 is 34.3 Å². The average Bonchev–Trinajstić information content (AvgIpc) is 2.96. The van der Waals surface area contributed by atoms with Crippen molar-refractivity contribution in [1.29, 1.82) is 0 Å². The molecular weight excluding hydrogens is 364 g/mol. The topological polar surface area (TPSA) is 65.2 Å². The molecule has 2 aliphatic rings. The molecule has 2 N–H and O–H groups in total. The van der Waals surface area contributed by atoms with E-state index in [2.05, 4.69) is 10.3 Å². The van der Waals surface area contributed by atoms with E-state index >= 15 is 0 Å². The molecule has 2 fully saturated rings. The van der Waals surface area contributed by atoms with Gasteiger partial charge in [-0.05, 0) is 37.6 Å². The van der Waals surface area contributed by atoms with Crippen LogP contribution in [0.25, 0.3) is 10.9 Å². The predicted octanol–water partition coefficient (Wildman–Crippen LogP) is 3.20. The number of aromatic amines is 1. The number of amides is 2. The van der Waals surface area contributed by atoms with E-state index in [1.807, 2.05) is 0 Å². The van der Waals surface area contributed by atoms with Gasteiger partial charge < -0.3 is 15.2 Å². The fourth-order valence-corrected chi connectivity index (χ4v) is 3.90. The Bertz CT molecular complexity index is 913. The molecule has 2 amide bonds. The van der Waals surface area contributed by atoms with E-state index in [4.69, 9.17) is 11.6 Å². The maximum Gasteiger partial charge on any atom is 0.268 e. The van der Waals surface area contributed by atoms with Crippen molar-refractivity contribution in [2.75, 3.05) is 13.1 Å². The SMILES string of the molecule is C[C@H](NC(=O)c1cc2cc(Cl)ccc2[nH]1)C(=O)N1CC[C@@]2(C1)CC2(F)F. The summed E-state index contributed by atoms with van der Waals surface area (Å²) in [4.78, 5) is 29.3. The number of hydrogen-bond acceptors (Lipinski definition) is 2. The highest BCUT2D eigenvalue weighted by molar-refractivity contribution is 6.31. The largest absolute Gasteiger partial charge is 0.351 e. The Hall–Kier alpha value is -2.15. The van der Waals surface area contributed by atoms with Crippen LogP contribution in [-0.4, -0.2) is 46.8 Å². The van der Waals surface area contributed by atoms with Gasteiger partial charge in [-0.15, -0.1) is 0 Å². The molecule has 0 bridgehead atoms. The number of fused-ring (bicyclic) bond motifs is 1. The zero-order valence-corrected chi connectivity index (χ0v) is 14.9.